The van der Waals surface area contributed by atoms with Crippen LogP contribution >= 0.6 is 22.6 Å². The second-order valence-electron chi connectivity index (χ2n) is 4.33. The second kappa shape index (κ2) is 4.47. The third kappa shape index (κ3) is 3.44. The number of rotatable bonds is 1. The zero-order valence-corrected chi connectivity index (χ0v) is 11.1. The predicted molar refractivity (Wildman–Crippen MR) is 67.2 cm³/mol. The maximum atomic E-state index is 13.4. The normalized spacial score (nSPS) is 11.3. The second-order valence-corrected chi connectivity index (χ2v) is 5.57. The summed E-state index contributed by atoms with van der Waals surface area (Å²) in [5.41, 5.74) is -0.287. The summed E-state index contributed by atoms with van der Waals surface area (Å²) >= 11 is 2.02. The van der Waals surface area contributed by atoms with Crippen LogP contribution in [0.4, 0.5) is 10.1 Å². The molecule has 1 N–H and O–H groups in total. The lowest BCUT2D eigenvalue weighted by Crippen LogP contribution is -2.28. The molecule has 0 aromatic heterocycles. The van der Waals surface area contributed by atoms with E-state index in [0.717, 1.165) is 3.57 Å². The van der Waals surface area contributed by atoms with E-state index in [1.807, 2.05) is 22.6 Å². The Morgan fingerprint density at radius 2 is 2.00 bits per heavy atom. The van der Waals surface area contributed by atoms with Crippen LogP contribution in [0.3, 0.4) is 0 Å². The smallest absolute Gasteiger partial charge is 0.229 e. The molecule has 0 radical (unpaired) electrons. The molecule has 0 saturated heterocycles. The third-order valence-corrected chi connectivity index (χ3v) is 2.53. The van der Waals surface area contributed by atoms with Crippen LogP contribution in [-0.2, 0) is 4.79 Å². The maximum absolute atomic E-state index is 13.4. The molecule has 0 unspecified atom stereocenters. The van der Waals surface area contributed by atoms with Crippen molar-refractivity contribution in [2.75, 3.05) is 5.32 Å². The van der Waals surface area contributed by atoms with Gasteiger partial charge >= 0.3 is 0 Å². The molecular weight excluding hydrogens is 308 g/mol. The highest BCUT2D eigenvalue weighted by Crippen LogP contribution is 2.21. The van der Waals surface area contributed by atoms with Gasteiger partial charge in [-0.3, -0.25) is 4.79 Å². The molecular formula is C11H13FINO. The van der Waals surface area contributed by atoms with E-state index in [-0.39, 0.29) is 11.6 Å². The summed E-state index contributed by atoms with van der Waals surface area (Å²) in [4.78, 5) is 11.6. The number of carbonyl (C=O) groups is 1. The molecule has 2 nitrogen and oxygen atoms in total. The summed E-state index contributed by atoms with van der Waals surface area (Å²) in [5.74, 6) is -0.595. The number of carbonyl (C=O) groups excluding carboxylic acids is 1. The molecule has 0 spiro atoms. The first kappa shape index (κ1) is 12.4. The van der Waals surface area contributed by atoms with Gasteiger partial charge in [-0.15, -0.1) is 0 Å². The van der Waals surface area contributed by atoms with Crippen LogP contribution in [0.1, 0.15) is 20.8 Å². The Morgan fingerprint density at radius 3 is 2.47 bits per heavy atom. The van der Waals surface area contributed by atoms with E-state index in [4.69, 9.17) is 0 Å². The van der Waals surface area contributed by atoms with E-state index in [9.17, 15) is 9.18 Å². The average Bonchev–Trinajstić information content (AvgIpc) is 2.08. The monoisotopic (exact) mass is 321 g/mol. The minimum absolute atomic E-state index is 0.192. The lowest BCUT2D eigenvalue weighted by Gasteiger charge is -2.17. The first-order valence-corrected chi connectivity index (χ1v) is 5.65. The molecule has 0 atom stereocenters. The van der Waals surface area contributed by atoms with Crippen LogP contribution in [0.2, 0.25) is 0 Å². The summed E-state index contributed by atoms with van der Waals surface area (Å²) in [6.07, 6.45) is 0. The molecule has 82 valence electrons. The van der Waals surface area contributed by atoms with Gasteiger partial charge < -0.3 is 5.32 Å². The molecule has 4 heteroatoms. The summed E-state index contributed by atoms with van der Waals surface area (Å²) in [5, 5.41) is 2.56. The first-order chi connectivity index (χ1) is 6.80. The zero-order valence-electron chi connectivity index (χ0n) is 8.90. The number of benzene rings is 1. The highest BCUT2D eigenvalue weighted by molar-refractivity contribution is 14.1. The quantitative estimate of drug-likeness (QED) is 0.789. The van der Waals surface area contributed by atoms with Crippen LogP contribution in [0.25, 0.3) is 0 Å². The van der Waals surface area contributed by atoms with Gasteiger partial charge in [0.25, 0.3) is 0 Å². The van der Waals surface area contributed by atoms with Crippen molar-refractivity contribution in [1.82, 2.24) is 0 Å². The van der Waals surface area contributed by atoms with E-state index in [1.54, 1.807) is 32.9 Å². The first-order valence-electron chi connectivity index (χ1n) is 4.57. The fraction of sp³-hybridized carbons (Fsp3) is 0.364. The van der Waals surface area contributed by atoms with Crippen molar-refractivity contribution in [1.29, 1.82) is 0 Å². The lowest BCUT2D eigenvalue weighted by molar-refractivity contribution is -0.123. The van der Waals surface area contributed by atoms with Gasteiger partial charge in [0.15, 0.2) is 0 Å². The van der Waals surface area contributed by atoms with E-state index < -0.39 is 11.2 Å². The fourth-order valence-electron chi connectivity index (χ4n) is 0.901. The van der Waals surface area contributed by atoms with Gasteiger partial charge in [-0.1, -0.05) is 20.8 Å². The van der Waals surface area contributed by atoms with E-state index in [0.29, 0.717) is 0 Å². The number of hydrogen-bond acceptors (Lipinski definition) is 1. The van der Waals surface area contributed by atoms with Gasteiger partial charge in [0.05, 0.1) is 5.69 Å². The number of halogens is 2. The number of anilines is 1. The molecule has 0 bridgehead atoms. The maximum Gasteiger partial charge on any atom is 0.229 e. The van der Waals surface area contributed by atoms with Crippen molar-refractivity contribution in [3.8, 4) is 0 Å². The standard InChI is InChI=1S/C11H13FINO/c1-11(2,3)10(15)14-9-5-4-7(13)6-8(9)12/h4-6H,1-3H3,(H,14,15). The Morgan fingerprint density at radius 1 is 1.40 bits per heavy atom. The topological polar surface area (TPSA) is 29.1 Å². The Balaban J connectivity index is 2.87. The molecule has 0 aliphatic rings. The van der Waals surface area contributed by atoms with E-state index in [2.05, 4.69) is 5.32 Å². The van der Waals surface area contributed by atoms with Crippen LogP contribution in [-0.4, -0.2) is 5.91 Å². The Labute approximate surface area is 102 Å². The Hall–Kier alpha value is -0.650. The van der Waals surface area contributed by atoms with Crippen molar-refractivity contribution in [2.24, 2.45) is 5.41 Å². The largest absolute Gasteiger partial charge is 0.323 e. The molecule has 1 amide bonds. The van der Waals surface area contributed by atoms with Crippen molar-refractivity contribution >= 4 is 34.2 Å². The van der Waals surface area contributed by atoms with Gasteiger partial charge in [0, 0.05) is 8.99 Å². The zero-order chi connectivity index (χ0) is 11.6. The Kier molecular flexibility index (Phi) is 3.70. The SMILES string of the molecule is CC(C)(C)C(=O)Nc1ccc(I)cc1F. The van der Waals surface area contributed by atoms with Gasteiger partial charge in [0.2, 0.25) is 5.91 Å². The summed E-state index contributed by atoms with van der Waals surface area (Å²) in [6.45, 7) is 5.35. The van der Waals surface area contributed by atoms with Crippen LogP contribution in [0, 0.1) is 14.8 Å². The van der Waals surface area contributed by atoms with Crippen LogP contribution < -0.4 is 5.32 Å². The Bertz CT molecular complexity index is 385. The molecule has 15 heavy (non-hydrogen) atoms. The number of hydrogen-bond donors (Lipinski definition) is 1. The molecule has 0 heterocycles. The molecule has 0 aliphatic heterocycles. The molecule has 1 aromatic rings. The summed E-state index contributed by atoms with van der Waals surface area (Å²) < 4.78 is 14.2. The highest BCUT2D eigenvalue weighted by Gasteiger charge is 2.22. The van der Waals surface area contributed by atoms with Crippen LogP contribution in [0.5, 0.6) is 0 Å². The van der Waals surface area contributed by atoms with Crippen molar-refractivity contribution in [3.63, 3.8) is 0 Å². The third-order valence-electron chi connectivity index (χ3n) is 1.86. The minimum atomic E-state index is -0.518. The molecule has 1 rings (SSSR count). The highest BCUT2D eigenvalue weighted by atomic mass is 127. The number of nitrogens with one attached hydrogen (secondary N) is 1. The van der Waals surface area contributed by atoms with Crippen molar-refractivity contribution in [2.45, 2.75) is 20.8 Å². The van der Waals surface area contributed by atoms with E-state index >= 15 is 0 Å². The molecule has 1 aromatic carbocycles. The fourth-order valence-corrected chi connectivity index (χ4v) is 1.35. The number of amides is 1. The van der Waals surface area contributed by atoms with Gasteiger partial charge in [0.1, 0.15) is 5.82 Å². The lowest BCUT2D eigenvalue weighted by atomic mass is 9.95. The van der Waals surface area contributed by atoms with Gasteiger partial charge in [-0.25, -0.2) is 4.39 Å². The molecule has 0 aliphatic carbocycles. The van der Waals surface area contributed by atoms with Gasteiger partial charge in [-0.05, 0) is 40.8 Å². The molecule has 0 saturated carbocycles. The molecule has 0 fully saturated rings. The van der Waals surface area contributed by atoms with Crippen LogP contribution in [0.15, 0.2) is 18.2 Å². The van der Waals surface area contributed by atoms with Crippen molar-refractivity contribution < 1.29 is 9.18 Å². The summed E-state index contributed by atoms with van der Waals surface area (Å²) in [7, 11) is 0. The predicted octanol–water partition coefficient (Wildman–Crippen LogP) is 3.41. The summed E-state index contributed by atoms with van der Waals surface area (Å²) in [6, 6.07) is 4.71. The van der Waals surface area contributed by atoms with E-state index in [1.165, 1.54) is 6.07 Å². The average molecular weight is 321 g/mol. The van der Waals surface area contributed by atoms with Gasteiger partial charge in [-0.2, -0.15) is 0 Å². The minimum Gasteiger partial charge on any atom is -0.323 e. The van der Waals surface area contributed by atoms with Crippen molar-refractivity contribution in [3.05, 3.63) is 27.6 Å².